The second-order valence-electron chi connectivity index (χ2n) is 7.94. The molecule has 3 N–H and O–H groups in total. The molecule has 2 heterocycles. The fourth-order valence-corrected chi connectivity index (χ4v) is 4.52. The lowest BCUT2D eigenvalue weighted by molar-refractivity contribution is 0.293. The lowest BCUT2D eigenvalue weighted by Gasteiger charge is -2.48. The topological polar surface area (TPSA) is 62.9 Å². The van der Waals surface area contributed by atoms with Crippen LogP contribution >= 0.6 is 0 Å². The fraction of sp³-hybridized carbons (Fsp3) is 0.240. The van der Waals surface area contributed by atoms with E-state index in [1.54, 1.807) is 6.07 Å². The highest BCUT2D eigenvalue weighted by atomic mass is 19.1. The molecule has 1 fully saturated rings. The number of piperidine rings is 1. The average Bonchev–Trinajstić information content (AvgIpc) is 2.79. The van der Waals surface area contributed by atoms with Gasteiger partial charge in [-0.15, -0.1) is 0 Å². The highest BCUT2D eigenvalue weighted by Gasteiger charge is 2.44. The number of nitrogens with two attached hydrogens (primary N) is 1. The summed E-state index contributed by atoms with van der Waals surface area (Å²) in [5.41, 5.74) is 8.74. The van der Waals surface area contributed by atoms with Crippen molar-refractivity contribution in [1.82, 2.24) is 5.32 Å². The van der Waals surface area contributed by atoms with E-state index in [1.165, 1.54) is 6.07 Å². The number of rotatable bonds is 4. The molecular weight excluding hydrogens is 391 g/mol. The van der Waals surface area contributed by atoms with Crippen LogP contribution in [0.3, 0.4) is 0 Å². The zero-order chi connectivity index (χ0) is 21.3. The molecule has 3 aromatic rings. The van der Waals surface area contributed by atoms with Crippen molar-refractivity contribution in [3.8, 4) is 5.75 Å². The van der Waals surface area contributed by atoms with Crippen LogP contribution in [0.4, 0.5) is 15.8 Å². The van der Waals surface area contributed by atoms with Gasteiger partial charge in [-0.3, -0.25) is 0 Å². The summed E-state index contributed by atoms with van der Waals surface area (Å²) < 4.78 is 21.1. The number of aliphatic imine (C=N–C) groups is 1. The van der Waals surface area contributed by atoms with Gasteiger partial charge in [0.05, 0.1) is 16.9 Å². The second kappa shape index (κ2) is 8.04. The zero-order valence-corrected chi connectivity index (χ0v) is 17.2. The molecule has 0 aliphatic carbocycles. The second-order valence-corrected chi connectivity index (χ2v) is 7.94. The molecule has 3 aromatic carbocycles. The molecule has 2 aliphatic rings. The Morgan fingerprint density at radius 2 is 1.65 bits per heavy atom. The predicted octanol–water partition coefficient (Wildman–Crippen LogP) is 4.34. The molecule has 1 spiro atoms. The Kier molecular flexibility index (Phi) is 5.08. The van der Waals surface area contributed by atoms with E-state index in [2.05, 4.69) is 10.2 Å². The maximum Gasteiger partial charge on any atom is 0.143 e. The third-order valence-corrected chi connectivity index (χ3v) is 5.98. The molecule has 5 rings (SSSR count). The number of benzene rings is 3. The third-order valence-electron chi connectivity index (χ3n) is 5.98. The van der Waals surface area contributed by atoms with Crippen LogP contribution in [-0.2, 0) is 6.61 Å². The molecule has 2 aliphatic heterocycles. The number of amidine groups is 1. The van der Waals surface area contributed by atoms with Crippen LogP contribution in [0.5, 0.6) is 5.75 Å². The van der Waals surface area contributed by atoms with E-state index < -0.39 is 5.66 Å². The fourth-order valence-electron chi connectivity index (χ4n) is 4.52. The first kappa shape index (κ1) is 19.6. The largest absolute Gasteiger partial charge is 0.487 e. The van der Waals surface area contributed by atoms with Crippen LogP contribution in [0.2, 0.25) is 0 Å². The number of halogens is 1. The molecule has 5 nitrogen and oxygen atoms in total. The lowest BCUT2D eigenvalue weighted by atomic mass is 9.91. The normalized spacial score (nSPS) is 17.2. The van der Waals surface area contributed by atoms with Crippen LogP contribution in [0.1, 0.15) is 24.0 Å². The van der Waals surface area contributed by atoms with Crippen molar-refractivity contribution >= 4 is 17.2 Å². The Hall–Kier alpha value is -3.38. The Labute approximate surface area is 181 Å². The molecular formula is C25H25FN4O. The van der Waals surface area contributed by atoms with Gasteiger partial charge in [-0.25, -0.2) is 9.38 Å². The number of nitrogens with zero attached hydrogens (tertiary/aromatic N) is 2. The minimum atomic E-state index is -0.581. The molecule has 0 atom stereocenters. The predicted molar refractivity (Wildman–Crippen MR) is 121 cm³/mol. The van der Waals surface area contributed by atoms with Crippen LogP contribution < -0.4 is 20.7 Å². The number of hydrogen-bond acceptors (Lipinski definition) is 5. The van der Waals surface area contributed by atoms with E-state index in [9.17, 15) is 4.39 Å². The molecule has 0 amide bonds. The van der Waals surface area contributed by atoms with Gasteiger partial charge in [0.25, 0.3) is 0 Å². The summed E-state index contributed by atoms with van der Waals surface area (Å²) in [5.74, 6) is 0.624. The van der Waals surface area contributed by atoms with Gasteiger partial charge >= 0.3 is 0 Å². The molecule has 31 heavy (non-hydrogen) atoms. The van der Waals surface area contributed by atoms with E-state index in [-0.39, 0.29) is 11.7 Å². The summed E-state index contributed by atoms with van der Waals surface area (Å²) in [6.07, 6.45) is 1.52. The molecule has 0 saturated carbocycles. The van der Waals surface area contributed by atoms with Crippen molar-refractivity contribution in [2.75, 3.05) is 18.0 Å². The van der Waals surface area contributed by atoms with Crippen molar-refractivity contribution < 1.29 is 9.13 Å². The van der Waals surface area contributed by atoms with Crippen molar-refractivity contribution in [2.45, 2.75) is 25.1 Å². The van der Waals surface area contributed by atoms with Gasteiger partial charge < -0.3 is 20.7 Å². The highest BCUT2D eigenvalue weighted by Crippen LogP contribution is 2.47. The lowest BCUT2D eigenvalue weighted by Crippen LogP contribution is -2.55. The zero-order valence-electron chi connectivity index (χ0n) is 17.2. The number of anilines is 2. The number of ether oxygens (including phenoxy) is 1. The van der Waals surface area contributed by atoms with Gasteiger partial charge in [0.2, 0.25) is 0 Å². The first-order valence-electron chi connectivity index (χ1n) is 10.6. The van der Waals surface area contributed by atoms with Gasteiger partial charge in [-0.2, -0.15) is 0 Å². The summed E-state index contributed by atoms with van der Waals surface area (Å²) in [6, 6.07) is 23.0. The number of fused-ring (bicyclic) bond motifs is 1. The van der Waals surface area contributed by atoms with E-state index in [0.717, 1.165) is 48.6 Å². The standard InChI is InChI=1S/C25H25FN4O/c26-19-9-6-11-21-23(19)24(27)29-25(13-15-28-16-14-25)30(21)20-10-4-5-12-22(20)31-17-18-7-2-1-3-8-18/h1-12,28H,13-17H2,(H2,27,29). The van der Waals surface area contributed by atoms with Gasteiger partial charge in [-0.05, 0) is 42.9 Å². The molecule has 0 unspecified atom stereocenters. The first-order chi connectivity index (χ1) is 15.2. The summed E-state index contributed by atoms with van der Waals surface area (Å²) in [4.78, 5) is 7.01. The minimum Gasteiger partial charge on any atom is -0.487 e. The summed E-state index contributed by atoms with van der Waals surface area (Å²) in [5, 5.41) is 3.40. The number of hydrogen-bond donors (Lipinski definition) is 2. The van der Waals surface area contributed by atoms with Gasteiger partial charge in [-0.1, -0.05) is 48.5 Å². The van der Waals surface area contributed by atoms with Gasteiger partial charge in [0, 0.05) is 12.8 Å². The van der Waals surface area contributed by atoms with E-state index in [1.807, 2.05) is 60.7 Å². The van der Waals surface area contributed by atoms with Gasteiger partial charge in [0.1, 0.15) is 29.7 Å². The quantitative estimate of drug-likeness (QED) is 0.664. The van der Waals surface area contributed by atoms with Crippen LogP contribution in [0.25, 0.3) is 0 Å². The van der Waals surface area contributed by atoms with Crippen molar-refractivity contribution in [3.05, 3.63) is 89.7 Å². The SMILES string of the molecule is NC1=NC2(CCNCC2)N(c2ccccc2OCc2ccccc2)c2cccc(F)c21. The summed E-state index contributed by atoms with van der Waals surface area (Å²) in [7, 11) is 0. The van der Waals surface area contributed by atoms with E-state index in [0.29, 0.717) is 12.2 Å². The van der Waals surface area contributed by atoms with Crippen molar-refractivity contribution in [3.63, 3.8) is 0 Å². The number of para-hydroxylation sites is 2. The molecule has 158 valence electrons. The maximum absolute atomic E-state index is 14.8. The summed E-state index contributed by atoms with van der Waals surface area (Å²) in [6.45, 7) is 2.07. The Morgan fingerprint density at radius 3 is 2.45 bits per heavy atom. The minimum absolute atomic E-state index is 0.258. The monoisotopic (exact) mass is 416 g/mol. The summed E-state index contributed by atoms with van der Waals surface area (Å²) >= 11 is 0. The van der Waals surface area contributed by atoms with Gasteiger partial charge in [0.15, 0.2) is 0 Å². The van der Waals surface area contributed by atoms with Crippen LogP contribution in [0, 0.1) is 5.82 Å². The molecule has 6 heteroatoms. The van der Waals surface area contributed by atoms with Crippen molar-refractivity contribution in [2.24, 2.45) is 10.7 Å². The van der Waals surface area contributed by atoms with E-state index in [4.69, 9.17) is 15.5 Å². The molecule has 0 bridgehead atoms. The Morgan fingerprint density at radius 1 is 0.935 bits per heavy atom. The maximum atomic E-state index is 14.8. The van der Waals surface area contributed by atoms with E-state index >= 15 is 0 Å². The van der Waals surface area contributed by atoms with Crippen molar-refractivity contribution in [1.29, 1.82) is 0 Å². The average molecular weight is 417 g/mol. The highest BCUT2D eigenvalue weighted by molar-refractivity contribution is 6.06. The third kappa shape index (κ3) is 3.53. The molecule has 0 aromatic heterocycles. The molecule has 1 saturated heterocycles. The smallest absolute Gasteiger partial charge is 0.143 e. The van der Waals surface area contributed by atoms with Crippen LogP contribution in [0.15, 0.2) is 77.8 Å². The van der Waals surface area contributed by atoms with Crippen LogP contribution in [-0.4, -0.2) is 24.6 Å². The Bertz CT molecular complexity index is 1110. The Balaban J connectivity index is 1.62. The first-order valence-corrected chi connectivity index (χ1v) is 10.6. The number of nitrogens with one attached hydrogen (secondary N) is 1. The molecule has 0 radical (unpaired) electrons.